The van der Waals surface area contributed by atoms with Gasteiger partial charge in [0, 0.05) is 28.8 Å². The zero-order valence-corrected chi connectivity index (χ0v) is 22.6. The van der Waals surface area contributed by atoms with E-state index < -0.39 is 16.1 Å². The van der Waals surface area contributed by atoms with Crippen LogP contribution in [0.5, 0.6) is 0 Å². The number of carboxylic acid groups (broad SMARTS) is 1. The van der Waals surface area contributed by atoms with E-state index >= 15 is 0 Å². The Morgan fingerprint density at radius 2 is 1.84 bits per heavy atom. The number of hydrogen-bond acceptors (Lipinski definition) is 7. The summed E-state index contributed by atoms with van der Waals surface area (Å²) in [6.45, 7) is 6.55. The molecule has 5 aromatic rings. The summed E-state index contributed by atoms with van der Waals surface area (Å²) < 4.78 is 29.4. The molecular weight excluding hydrogens is 522 g/mol. The topological polar surface area (TPSA) is 127 Å². The number of aryl methyl sites for hydroxylation is 3. The summed E-state index contributed by atoms with van der Waals surface area (Å²) >= 11 is 0.999. The number of nitrogens with one attached hydrogen (secondary N) is 1. The van der Waals surface area contributed by atoms with Crippen molar-refractivity contribution in [3.8, 4) is 21.7 Å². The van der Waals surface area contributed by atoms with Gasteiger partial charge in [0.05, 0.1) is 12.2 Å². The average Bonchev–Trinajstić information content (AvgIpc) is 3.48. The van der Waals surface area contributed by atoms with Gasteiger partial charge in [0.15, 0.2) is 5.65 Å². The molecule has 0 saturated carbocycles. The number of thiophene rings is 1. The third-order valence-electron chi connectivity index (χ3n) is 6.08. The molecule has 0 aliphatic rings. The first kappa shape index (κ1) is 25.6. The highest BCUT2D eigenvalue weighted by atomic mass is 32.2. The van der Waals surface area contributed by atoms with Crippen molar-refractivity contribution in [3.05, 3.63) is 83.4 Å². The van der Waals surface area contributed by atoms with Crippen molar-refractivity contribution in [2.45, 2.75) is 37.9 Å². The van der Waals surface area contributed by atoms with Gasteiger partial charge in [-0.25, -0.2) is 27.9 Å². The fraction of sp³-hybridized carbons (Fsp3) is 0.185. The van der Waals surface area contributed by atoms with Gasteiger partial charge in [-0.15, -0.1) is 11.3 Å². The molecule has 0 radical (unpaired) electrons. The standard InChI is InChI=1S/C27H25N5O4S2/c1-4-23-30-24-16(2)12-17(3)29-25(24)32(23)15-18-10-11-21(28-14-18)20-13-22(19-8-6-5-7-9-19)37-26(20)38(35,36)31-27(33)34/h5-14,31H,4,15H2,1-3H3,(H,33,34). The van der Waals surface area contributed by atoms with Crippen LogP contribution >= 0.6 is 11.3 Å². The minimum atomic E-state index is -4.31. The molecule has 0 atom stereocenters. The van der Waals surface area contributed by atoms with E-state index in [9.17, 15) is 13.2 Å². The number of aromatic nitrogens is 4. The molecule has 0 aliphatic heterocycles. The summed E-state index contributed by atoms with van der Waals surface area (Å²) in [5, 5.41) is 9.09. The monoisotopic (exact) mass is 547 g/mol. The van der Waals surface area contributed by atoms with Crippen LogP contribution in [-0.2, 0) is 23.0 Å². The zero-order valence-electron chi connectivity index (χ0n) is 21.0. The molecule has 1 aromatic carbocycles. The molecule has 0 fully saturated rings. The lowest BCUT2D eigenvalue weighted by Crippen LogP contribution is -2.28. The molecule has 5 rings (SSSR count). The third-order valence-corrected chi connectivity index (χ3v) is 9.12. The van der Waals surface area contributed by atoms with Gasteiger partial charge in [0.1, 0.15) is 15.6 Å². The first-order valence-electron chi connectivity index (χ1n) is 11.9. The van der Waals surface area contributed by atoms with E-state index in [0.29, 0.717) is 22.7 Å². The second-order valence-electron chi connectivity index (χ2n) is 8.86. The van der Waals surface area contributed by atoms with Crippen molar-refractivity contribution >= 4 is 38.6 Å². The van der Waals surface area contributed by atoms with Crippen molar-refractivity contribution in [1.29, 1.82) is 0 Å². The molecule has 4 heterocycles. The molecule has 2 N–H and O–H groups in total. The number of fused-ring (bicyclic) bond motifs is 1. The first-order valence-corrected chi connectivity index (χ1v) is 14.2. The average molecular weight is 548 g/mol. The molecule has 0 saturated heterocycles. The number of carbonyl (C=O) groups is 1. The number of pyridine rings is 2. The van der Waals surface area contributed by atoms with E-state index in [2.05, 4.69) is 16.5 Å². The molecule has 0 bridgehead atoms. The van der Waals surface area contributed by atoms with E-state index in [4.69, 9.17) is 15.1 Å². The van der Waals surface area contributed by atoms with Crippen molar-refractivity contribution in [3.63, 3.8) is 0 Å². The molecule has 1 amide bonds. The Kier molecular flexibility index (Phi) is 6.72. The Bertz CT molecular complexity index is 1760. The van der Waals surface area contributed by atoms with E-state index in [0.717, 1.165) is 57.1 Å². The van der Waals surface area contributed by atoms with Gasteiger partial charge in [0.2, 0.25) is 0 Å². The van der Waals surface area contributed by atoms with Crippen LogP contribution in [0, 0.1) is 13.8 Å². The minimum absolute atomic E-state index is 0.108. The zero-order chi connectivity index (χ0) is 27.0. The summed E-state index contributed by atoms with van der Waals surface area (Å²) in [5.74, 6) is 0.920. The number of amides is 1. The van der Waals surface area contributed by atoms with Gasteiger partial charge in [-0.1, -0.05) is 43.3 Å². The smallest absolute Gasteiger partial charge is 0.418 e. The third kappa shape index (κ3) is 4.90. The highest BCUT2D eigenvalue weighted by Crippen LogP contribution is 2.39. The van der Waals surface area contributed by atoms with Crippen LogP contribution in [-0.4, -0.2) is 39.1 Å². The molecule has 11 heteroatoms. The summed E-state index contributed by atoms with van der Waals surface area (Å²) in [6, 6.07) is 16.7. The maximum absolute atomic E-state index is 12.9. The maximum atomic E-state index is 12.9. The molecule has 38 heavy (non-hydrogen) atoms. The first-order chi connectivity index (χ1) is 18.2. The lowest BCUT2D eigenvalue weighted by Gasteiger charge is -2.09. The van der Waals surface area contributed by atoms with Gasteiger partial charge in [-0.05, 0) is 48.7 Å². The SMILES string of the molecule is CCc1nc2c(C)cc(C)nc2n1Cc1ccc(-c2cc(-c3ccccc3)sc2S(=O)(=O)NC(=O)O)nc1. The Balaban J connectivity index is 1.54. The van der Waals surface area contributed by atoms with Crippen LogP contribution in [0.15, 0.2) is 65.0 Å². The van der Waals surface area contributed by atoms with Crippen molar-refractivity contribution < 1.29 is 18.3 Å². The van der Waals surface area contributed by atoms with Gasteiger partial charge in [0.25, 0.3) is 10.0 Å². The highest BCUT2D eigenvalue weighted by molar-refractivity contribution is 7.92. The molecule has 0 spiro atoms. The molecule has 0 aliphatic carbocycles. The molecule has 4 aromatic heterocycles. The van der Waals surface area contributed by atoms with E-state index in [-0.39, 0.29) is 4.21 Å². The molecule has 194 valence electrons. The van der Waals surface area contributed by atoms with Crippen LogP contribution in [0.3, 0.4) is 0 Å². The van der Waals surface area contributed by atoms with Crippen LogP contribution < -0.4 is 4.72 Å². The number of benzene rings is 1. The lowest BCUT2D eigenvalue weighted by atomic mass is 10.1. The summed E-state index contributed by atoms with van der Waals surface area (Å²) in [7, 11) is -4.31. The Labute approximate surface area is 223 Å². The quantitative estimate of drug-likeness (QED) is 0.279. The van der Waals surface area contributed by atoms with Crippen molar-refractivity contribution in [1.82, 2.24) is 24.2 Å². The fourth-order valence-corrected chi connectivity index (χ4v) is 6.92. The number of imidazole rings is 1. The van der Waals surface area contributed by atoms with Gasteiger partial charge in [-0.2, -0.15) is 0 Å². The molecular formula is C27H25N5O4S2. The Hall–Kier alpha value is -4.09. The van der Waals surface area contributed by atoms with Crippen LogP contribution in [0.2, 0.25) is 0 Å². The van der Waals surface area contributed by atoms with Gasteiger partial charge >= 0.3 is 6.09 Å². The molecule has 0 unspecified atom stereocenters. The Morgan fingerprint density at radius 1 is 1.08 bits per heavy atom. The number of sulfonamides is 1. The van der Waals surface area contributed by atoms with E-state index in [1.807, 2.05) is 56.3 Å². The van der Waals surface area contributed by atoms with Crippen molar-refractivity contribution in [2.75, 3.05) is 0 Å². The number of rotatable bonds is 7. The summed E-state index contributed by atoms with van der Waals surface area (Å²) in [5.41, 5.74) is 6.18. The highest BCUT2D eigenvalue weighted by Gasteiger charge is 2.26. The summed E-state index contributed by atoms with van der Waals surface area (Å²) in [6.07, 6.45) is 0.798. The predicted molar refractivity (Wildman–Crippen MR) is 147 cm³/mol. The number of hydrogen-bond donors (Lipinski definition) is 2. The van der Waals surface area contributed by atoms with Crippen LogP contribution in [0.25, 0.3) is 32.9 Å². The second kappa shape index (κ2) is 9.99. The van der Waals surface area contributed by atoms with Crippen molar-refractivity contribution in [2.24, 2.45) is 0 Å². The maximum Gasteiger partial charge on any atom is 0.418 e. The van der Waals surface area contributed by atoms with Crippen LogP contribution in [0.4, 0.5) is 4.79 Å². The van der Waals surface area contributed by atoms with Gasteiger partial charge in [-0.3, -0.25) is 4.98 Å². The predicted octanol–water partition coefficient (Wildman–Crippen LogP) is 5.41. The van der Waals surface area contributed by atoms with E-state index in [1.54, 1.807) is 23.1 Å². The second-order valence-corrected chi connectivity index (χ2v) is 11.8. The summed E-state index contributed by atoms with van der Waals surface area (Å²) in [4.78, 5) is 25.9. The molecule has 9 nitrogen and oxygen atoms in total. The Morgan fingerprint density at radius 3 is 2.50 bits per heavy atom. The largest absolute Gasteiger partial charge is 0.464 e. The normalized spacial score (nSPS) is 11.7. The minimum Gasteiger partial charge on any atom is -0.464 e. The van der Waals surface area contributed by atoms with E-state index in [1.165, 1.54) is 0 Å². The fourth-order valence-electron chi connectivity index (χ4n) is 4.40. The number of nitrogens with zero attached hydrogens (tertiary/aromatic N) is 4. The lowest BCUT2D eigenvalue weighted by molar-refractivity contribution is 0.201. The van der Waals surface area contributed by atoms with Crippen LogP contribution in [0.1, 0.15) is 29.6 Å². The van der Waals surface area contributed by atoms with Gasteiger partial charge < -0.3 is 9.67 Å².